The van der Waals surface area contributed by atoms with Gasteiger partial charge in [-0.15, -0.1) is 0 Å². The van der Waals surface area contributed by atoms with Gasteiger partial charge in [0.2, 0.25) is 11.8 Å². The van der Waals surface area contributed by atoms with Crippen LogP contribution in [0.15, 0.2) is 0 Å². The summed E-state index contributed by atoms with van der Waals surface area (Å²) < 4.78 is 0. The Morgan fingerprint density at radius 1 is 1.44 bits per heavy atom. The highest BCUT2D eigenvalue weighted by Crippen LogP contribution is 2.32. The van der Waals surface area contributed by atoms with Crippen LogP contribution in [0.25, 0.3) is 0 Å². The summed E-state index contributed by atoms with van der Waals surface area (Å²) in [7, 11) is 0. The maximum Gasteiger partial charge on any atom is 0.242 e. The molecule has 2 unspecified atom stereocenters. The van der Waals surface area contributed by atoms with Crippen LogP contribution in [0.4, 0.5) is 0 Å². The molecule has 1 saturated carbocycles. The predicted octanol–water partition coefficient (Wildman–Crippen LogP) is -0.245. The van der Waals surface area contributed by atoms with Crippen LogP contribution in [0, 0.1) is 5.92 Å². The fraction of sp³-hybridized carbons (Fsp3) is 0.818. The third-order valence-electron chi connectivity index (χ3n) is 2.77. The van der Waals surface area contributed by atoms with Gasteiger partial charge in [0.1, 0.15) is 6.04 Å². The third kappa shape index (κ3) is 4.18. The molecule has 0 heterocycles. The number of hydrogen-bond acceptors (Lipinski definition) is 3. The number of carbonyl (C=O) groups is 2. The Morgan fingerprint density at radius 3 is 2.56 bits per heavy atom. The quantitative estimate of drug-likeness (QED) is 0.585. The minimum Gasteiger partial charge on any atom is -0.355 e. The Bertz CT molecular complexity index is 264. The highest BCUT2D eigenvalue weighted by molar-refractivity contribution is 5.87. The molecule has 5 heteroatoms. The Hall–Kier alpha value is -1.10. The van der Waals surface area contributed by atoms with Crippen molar-refractivity contribution in [3.8, 4) is 0 Å². The third-order valence-corrected chi connectivity index (χ3v) is 2.77. The predicted molar refractivity (Wildman–Crippen MR) is 61.6 cm³/mol. The van der Waals surface area contributed by atoms with Crippen molar-refractivity contribution >= 4 is 11.8 Å². The number of carbonyl (C=O) groups excluding carboxylic acids is 2. The van der Waals surface area contributed by atoms with Gasteiger partial charge < -0.3 is 16.4 Å². The van der Waals surface area contributed by atoms with Gasteiger partial charge in [-0.2, -0.15) is 0 Å². The van der Waals surface area contributed by atoms with Crippen molar-refractivity contribution < 1.29 is 9.59 Å². The summed E-state index contributed by atoms with van der Waals surface area (Å²) in [6, 6.07) is -0.541. The van der Waals surface area contributed by atoms with Crippen molar-refractivity contribution in [2.24, 2.45) is 11.7 Å². The van der Waals surface area contributed by atoms with Gasteiger partial charge in [-0.3, -0.25) is 9.59 Å². The van der Waals surface area contributed by atoms with E-state index in [0.29, 0.717) is 18.9 Å². The molecule has 1 aliphatic carbocycles. The normalized spacial score (nSPS) is 18.7. The first-order valence-electron chi connectivity index (χ1n) is 5.87. The first-order valence-corrected chi connectivity index (χ1v) is 5.87. The van der Waals surface area contributed by atoms with Crippen molar-refractivity contribution in [2.45, 2.75) is 45.2 Å². The number of amides is 2. The van der Waals surface area contributed by atoms with E-state index in [1.165, 1.54) is 0 Å². The van der Waals surface area contributed by atoms with Crippen molar-refractivity contribution in [3.05, 3.63) is 0 Å². The van der Waals surface area contributed by atoms with E-state index in [1.807, 2.05) is 6.92 Å². The molecule has 2 amide bonds. The molecule has 2 atom stereocenters. The standard InChI is InChI=1S/C11H21N3O2/c1-3-13-11(16)7(2)14-10(15)6-9(12)8-4-5-8/h7-9H,3-6,12H2,1-2H3,(H,13,16)(H,14,15). The number of rotatable bonds is 6. The van der Waals surface area contributed by atoms with Crippen LogP contribution in [0.3, 0.4) is 0 Å². The average molecular weight is 227 g/mol. The van der Waals surface area contributed by atoms with Gasteiger partial charge in [-0.1, -0.05) is 0 Å². The summed E-state index contributed by atoms with van der Waals surface area (Å²) >= 11 is 0. The van der Waals surface area contributed by atoms with Crippen molar-refractivity contribution in [3.63, 3.8) is 0 Å². The first-order chi connectivity index (χ1) is 7.54. The van der Waals surface area contributed by atoms with Gasteiger partial charge in [-0.05, 0) is 32.6 Å². The lowest BCUT2D eigenvalue weighted by molar-refractivity contribution is -0.128. The molecule has 5 nitrogen and oxygen atoms in total. The minimum atomic E-state index is -0.487. The molecule has 0 saturated heterocycles. The van der Waals surface area contributed by atoms with E-state index in [1.54, 1.807) is 6.92 Å². The van der Waals surface area contributed by atoms with Crippen LogP contribution in [0.5, 0.6) is 0 Å². The Labute approximate surface area is 96.1 Å². The van der Waals surface area contributed by atoms with Crippen molar-refractivity contribution in [1.29, 1.82) is 0 Å². The molecule has 0 radical (unpaired) electrons. The zero-order chi connectivity index (χ0) is 12.1. The van der Waals surface area contributed by atoms with Gasteiger partial charge in [0.25, 0.3) is 0 Å². The molecule has 16 heavy (non-hydrogen) atoms. The molecule has 92 valence electrons. The van der Waals surface area contributed by atoms with Crippen molar-refractivity contribution in [2.75, 3.05) is 6.54 Å². The topological polar surface area (TPSA) is 84.2 Å². The molecule has 1 rings (SSSR count). The monoisotopic (exact) mass is 227 g/mol. The summed E-state index contributed by atoms with van der Waals surface area (Å²) in [5.74, 6) is 0.208. The van der Waals surface area contributed by atoms with Gasteiger partial charge in [0.05, 0.1) is 0 Å². The SMILES string of the molecule is CCNC(=O)C(C)NC(=O)CC(N)C1CC1. The second-order valence-electron chi connectivity index (χ2n) is 4.39. The Morgan fingerprint density at radius 2 is 2.06 bits per heavy atom. The molecule has 0 aliphatic heterocycles. The van der Waals surface area contributed by atoms with Crippen molar-refractivity contribution in [1.82, 2.24) is 10.6 Å². The van der Waals surface area contributed by atoms with E-state index in [9.17, 15) is 9.59 Å². The lowest BCUT2D eigenvalue weighted by atomic mass is 10.1. The smallest absolute Gasteiger partial charge is 0.242 e. The second-order valence-corrected chi connectivity index (χ2v) is 4.39. The zero-order valence-corrected chi connectivity index (χ0v) is 9.95. The summed E-state index contributed by atoms with van der Waals surface area (Å²) in [5, 5.41) is 5.30. The van der Waals surface area contributed by atoms with E-state index in [0.717, 1.165) is 12.8 Å². The van der Waals surface area contributed by atoms with E-state index in [-0.39, 0.29) is 17.9 Å². The van der Waals surface area contributed by atoms with Crippen LogP contribution in [0.1, 0.15) is 33.1 Å². The molecule has 1 fully saturated rings. The Kier molecular flexibility index (Phi) is 4.73. The summed E-state index contributed by atoms with van der Waals surface area (Å²) in [4.78, 5) is 22.9. The van der Waals surface area contributed by atoms with E-state index in [4.69, 9.17) is 5.73 Å². The number of nitrogens with two attached hydrogens (primary N) is 1. The molecular formula is C11H21N3O2. The van der Waals surface area contributed by atoms with Crippen LogP contribution < -0.4 is 16.4 Å². The summed E-state index contributed by atoms with van der Waals surface area (Å²) in [6.45, 7) is 4.08. The van der Waals surface area contributed by atoms with Gasteiger partial charge >= 0.3 is 0 Å². The van der Waals surface area contributed by atoms with Gasteiger partial charge in [-0.25, -0.2) is 0 Å². The van der Waals surface area contributed by atoms with Crippen LogP contribution in [-0.4, -0.2) is 30.4 Å². The molecule has 0 bridgehead atoms. The largest absolute Gasteiger partial charge is 0.355 e. The van der Waals surface area contributed by atoms with Crippen LogP contribution in [-0.2, 0) is 9.59 Å². The molecular weight excluding hydrogens is 206 g/mol. The molecule has 4 N–H and O–H groups in total. The number of likely N-dealkylation sites (N-methyl/N-ethyl adjacent to an activating group) is 1. The Balaban J connectivity index is 2.24. The van der Waals surface area contributed by atoms with Crippen LogP contribution >= 0.6 is 0 Å². The maximum atomic E-state index is 11.5. The highest BCUT2D eigenvalue weighted by atomic mass is 16.2. The van der Waals surface area contributed by atoms with Gasteiger partial charge in [0, 0.05) is 19.0 Å². The summed E-state index contributed by atoms with van der Waals surface area (Å²) in [5.41, 5.74) is 5.83. The average Bonchev–Trinajstić information content (AvgIpc) is 3.00. The van der Waals surface area contributed by atoms with Crippen LogP contribution in [0.2, 0.25) is 0 Å². The zero-order valence-electron chi connectivity index (χ0n) is 9.95. The molecule has 0 aromatic carbocycles. The lowest BCUT2D eigenvalue weighted by Gasteiger charge is -2.15. The first kappa shape index (κ1) is 13.0. The lowest BCUT2D eigenvalue weighted by Crippen LogP contribution is -2.46. The highest BCUT2D eigenvalue weighted by Gasteiger charge is 2.30. The van der Waals surface area contributed by atoms with E-state index in [2.05, 4.69) is 10.6 Å². The molecule has 0 aromatic rings. The maximum absolute atomic E-state index is 11.5. The van der Waals surface area contributed by atoms with E-state index >= 15 is 0 Å². The number of hydrogen-bond donors (Lipinski definition) is 3. The second kappa shape index (κ2) is 5.84. The molecule has 0 aromatic heterocycles. The number of nitrogens with one attached hydrogen (secondary N) is 2. The summed E-state index contributed by atoms with van der Waals surface area (Å²) in [6.07, 6.45) is 2.56. The minimum absolute atomic E-state index is 0.0542. The molecule has 0 spiro atoms. The van der Waals surface area contributed by atoms with Gasteiger partial charge in [0.15, 0.2) is 0 Å². The van der Waals surface area contributed by atoms with E-state index < -0.39 is 6.04 Å². The fourth-order valence-electron chi connectivity index (χ4n) is 1.60. The fourth-order valence-corrected chi connectivity index (χ4v) is 1.60. The molecule has 1 aliphatic rings.